The van der Waals surface area contributed by atoms with E-state index in [1.54, 1.807) is 6.33 Å². The standard InChI is InChI=1S/C21H32N4O3/c1-16(13-28-19-10-3-5-12-27-19)7-6-8-17-20-21(23-14-22-17)25(15-24-20)18-9-2-4-11-26-18/h14-16,18-19H,2-13H2,1H3. The van der Waals surface area contributed by atoms with Crippen LogP contribution in [0.3, 0.4) is 0 Å². The molecule has 0 N–H and O–H groups in total. The molecule has 0 radical (unpaired) electrons. The lowest BCUT2D eigenvalue weighted by Crippen LogP contribution is -2.24. The van der Waals surface area contributed by atoms with Crippen LogP contribution >= 0.6 is 0 Å². The molecule has 0 aromatic carbocycles. The summed E-state index contributed by atoms with van der Waals surface area (Å²) in [7, 11) is 0. The first-order valence-corrected chi connectivity index (χ1v) is 10.8. The number of hydrogen-bond acceptors (Lipinski definition) is 6. The summed E-state index contributed by atoms with van der Waals surface area (Å²) >= 11 is 0. The molecule has 7 nitrogen and oxygen atoms in total. The molecule has 4 heterocycles. The average Bonchev–Trinajstić information content (AvgIpc) is 3.19. The molecule has 2 aromatic rings. The molecule has 2 aromatic heterocycles. The highest BCUT2D eigenvalue weighted by molar-refractivity contribution is 5.73. The van der Waals surface area contributed by atoms with Crippen molar-refractivity contribution in [3.05, 3.63) is 18.3 Å². The first-order valence-electron chi connectivity index (χ1n) is 10.8. The van der Waals surface area contributed by atoms with E-state index in [1.807, 2.05) is 6.33 Å². The van der Waals surface area contributed by atoms with Crippen LogP contribution in [-0.2, 0) is 20.6 Å². The van der Waals surface area contributed by atoms with Crippen molar-refractivity contribution in [3.63, 3.8) is 0 Å². The van der Waals surface area contributed by atoms with Gasteiger partial charge in [-0.05, 0) is 63.7 Å². The van der Waals surface area contributed by atoms with Crippen LogP contribution in [0, 0.1) is 5.92 Å². The lowest BCUT2D eigenvalue weighted by molar-refractivity contribution is -0.168. The summed E-state index contributed by atoms with van der Waals surface area (Å²) in [5.41, 5.74) is 2.84. The van der Waals surface area contributed by atoms with Crippen LogP contribution in [0.4, 0.5) is 0 Å². The van der Waals surface area contributed by atoms with Gasteiger partial charge in [0.05, 0.1) is 18.6 Å². The third-order valence-electron chi connectivity index (χ3n) is 5.72. The number of rotatable bonds is 8. The summed E-state index contributed by atoms with van der Waals surface area (Å²) in [6.45, 7) is 4.65. The van der Waals surface area contributed by atoms with Crippen LogP contribution in [0.25, 0.3) is 11.2 Å². The largest absolute Gasteiger partial charge is 0.358 e. The molecule has 0 aliphatic carbocycles. The van der Waals surface area contributed by atoms with E-state index >= 15 is 0 Å². The Bertz CT molecular complexity index is 738. The zero-order valence-electron chi connectivity index (χ0n) is 16.9. The van der Waals surface area contributed by atoms with Crippen molar-refractivity contribution in [3.8, 4) is 0 Å². The molecule has 3 atom stereocenters. The van der Waals surface area contributed by atoms with Crippen molar-refractivity contribution in [1.29, 1.82) is 0 Å². The van der Waals surface area contributed by atoms with E-state index in [0.717, 1.165) is 81.6 Å². The second-order valence-electron chi connectivity index (χ2n) is 8.09. The van der Waals surface area contributed by atoms with E-state index in [9.17, 15) is 0 Å². The van der Waals surface area contributed by atoms with Crippen molar-refractivity contribution < 1.29 is 14.2 Å². The van der Waals surface area contributed by atoms with Crippen LogP contribution in [0.1, 0.15) is 70.2 Å². The second-order valence-corrected chi connectivity index (χ2v) is 8.09. The predicted molar refractivity (Wildman–Crippen MR) is 106 cm³/mol. The van der Waals surface area contributed by atoms with Gasteiger partial charge in [0, 0.05) is 13.2 Å². The minimum Gasteiger partial charge on any atom is -0.358 e. The quantitative estimate of drug-likeness (QED) is 0.680. The van der Waals surface area contributed by atoms with Gasteiger partial charge in [-0.3, -0.25) is 4.57 Å². The monoisotopic (exact) mass is 388 g/mol. The third kappa shape index (κ3) is 4.88. The van der Waals surface area contributed by atoms with E-state index in [0.29, 0.717) is 5.92 Å². The number of ether oxygens (including phenoxy) is 3. The fourth-order valence-electron chi connectivity index (χ4n) is 4.05. The Kier molecular flexibility index (Phi) is 6.88. The summed E-state index contributed by atoms with van der Waals surface area (Å²) in [5.74, 6) is 0.510. The Morgan fingerprint density at radius 3 is 2.75 bits per heavy atom. The molecule has 3 unspecified atom stereocenters. The Morgan fingerprint density at radius 2 is 1.96 bits per heavy atom. The molecule has 4 rings (SSSR count). The molecule has 2 fully saturated rings. The van der Waals surface area contributed by atoms with Gasteiger partial charge in [0.1, 0.15) is 18.1 Å². The van der Waals surface area contributed by atoms with Crippen LogP contribution in [0.2, 0.25) is 0 Å². The number of hydrogen-bond donors (Lipinski definition) is 0. The lowest BCUT2D eigenvalue weighted by atomic mass is 10.0. The smallest absolute Gasteiger partial charge is 0.165 e. The molecule has 2 aliphatic heterocycles. The number of aryl methyl sites for hydroxylation is 1. The Hall–Kier alpha value is -1.57. The first kappa shape index (κ1) is 19.7. The summed E-state index contributed by atoms with van der Waals surface area (Å²) in [6, 6.07) is 0. The molecular weight excluding hydrogens is 356 g/mol. The van der Waals surface area contributed by atoms with E-state index < -0.39 is 0 Å². The second kappa shape index (κ2) is 9.76. The fourth-order valence-corrected chi connectivity index (χ4v) is 4.05. The number of fused-ring (bicyclic) bond motifs is 1. The molecule has 2 saturated heterocycles. The van der Waals surface area contributed by atoms with Gasteiger partial charge in [0.15, 0.2) is 11.9 Å². The normalized spacial score (nSPS) is 24.5. The van der Waals surface area contributed by atoms with Crippen LogP contribution < -0.4 is 0 Å². The van der Waals surface area contributed by atoms with Crippen molar-refractivity contribution in [2.75, 3.05) is 19.8 Å². The van der Waals surface area contributed by atoms with Crippen molar-refractivity contribution in [2.45, 2.75) is 77.2 Å². The van der Waals surface area contributed by atoms with Crippen molar-refractivity contribution in [2.24, 2.45) is 5.92 Å². The molecule has 7 heteroatoms. The van der Waals surface area contributed by atoms with Gasteiger partial charge in [-0.25, -0.2) is 15.0 Å². The molecule has 0 bridgehead atoms. The first-order chi connectivity index (χ1) is 13.8. The van der Waals surface area contributed by atoms with Gasteiger partial charge >= 0.3 is 0 Å². The van der Waals surface area contributed by atoms with Gasteiger partial charge in [-0.15, -0.1) is 0 Å². The molecular formula is C21H32N4O3. The highest BCUT2D eigenvalue weighted by atomic mass is 16.7. The Labute approximate surface area is 166 Å². The summed E-state index contributed by atoms with van der Waals surface area (Å²) < 4.78 is 19.5. The zero-order chi connectivity index (χ0) is 19.2. The molecule has 0 amide bonds. The molecule has 154 valence electrons. The molecule has 2 aliphatic rings. The fraction of sp³-hybridized carbons (Fsp3) is 0.762. The molecule has 0 saturated carbocycles. The van der Waals surface area contributed by atoms with Crippen LogP contribution in [0.5, 0.6) is 0 Å². The maximum absolute atomic E-state index is 5.91. The Balaban J connectivity index is 1.29. The predicted octanol–water partition coefficient (Wildman–Crippen LogP) is 4.03. The average molecular weight is 389 g/mol. The topological polar surface area (TPSA) is 71.3 Å². The number of imidazole rings is 1. The minimum atomic E-state index is 0.00339. The SMILES string of the molecule is CC(CCCc1ncnc2c1ncn2C1CCCCO1)COC1CCCCO1. The van der Waals surface area contributed by atoms with E-state index in [2.05, 4.69) is 26.4 Å². The zero-order valence-corrected chi connectivity index (χ0v) is 16.9. The summed E-state index contributed by atoms with van der Waals surface area (Å²) in [6.07, 6.45) is 13.4. The van der Waals surface area contributed by atoms with E-state index in [4.69, 9.17) is 14.2 Å². The third-order valence-corrected chi connectivity index (χ3v) is 5.72. The lowest BCUT2D eigenvalue weighted by Gasteiger charge is -2.24. The number of aromatic nitrogens is 4. The molecule has 28 heavy (non-hydrogen) atoms. The van der Waals surface area contributed by atoms with E-state index in [1.165, 1.54) is 12.8 Å². The van der Waals surface area contributed by atoms with Gasteiger partial charge in [-0.1, -0.05) is 6.92 Å². The summed E-state index contributed by atoms with van der Waals surface area (Å²) in [5, 5.41) is 0. The molecule has 0 spiro atoms. The van der Waals surface area contributed by atoms with Gasteiger partial charge in [-0.2, -0.15) is 0 Å². The van der Waals surface area contributed by atoms with Crippen LogP contribution in [-0.4, -0.2) is 45.6 Å². The maximum atomic E-state index is 5.91. The van der Waals surface area contributed by atoms with Crippen molar-refractivity contribution in [1.82, 2.24) is 19.5 Å². The minimum absolute atomic E-state index is 0.00339. The maximum Gasteiger partial charge on any atom is 0.165 e. The van der Waals surface area contributed by atoms with Gasteiger partial charge in [0.25, 0.3) is 0 Å². The van der Waals surface area contributed by atoms with Crippen LogP contribution in [0.15, 0.2) is 12.7 Å². The van der Waals surface area contributed by atoms with Gasteiger partial charge < -0.3 is 14.2 Å². The van der Waals surface area contributed by atoms with Crippen molar-refractivity contribution >= 4 is 11.2 Å². The Morgan fingerprint density at radius 1 is 1.11 bits per heavy atom. The highest BCUT2D eigenvalue weighted by Gasteiger charge is 2.20. The number of nitrogens with zero attached hydrogens (tertiary/aromatic N) is 4. The van der Waals surface area contributed by atoms with E-state index in [-0.39, 0.29) is 12.5 Å². The van der Waals surface area contributed by atoms with Gasteiger partial charge in [0.2, 0.25) is 0 Å². The highest BCUT2D eigenvalue weighted by Crippen LogP contribution is 2.26. The summed E-state index contributed by atoms with van der Waals surface area (Å²) in [4.78, 5) is 13.6.